The molecule has 4 rings (SSSR count). The Hall–Kier alpha value is -3.39. The zero-order valence-electron chi connectivity index (χ0n) is 14.8. The van der Waals surface area contributed by atoms with Gasteiger partial charge >= 0.3 is 0 Å². The summed E-state index contributed by atoms with van der Waals surface area (Å²) in [5.41, 5.74) is 2.77. The van der Waals surface area contributed by atoms with E-state index >= 15 is 0 Å². The number of piperidine rings is 1. The molecule has 134 valence electrons. The van der Waals surface area contributed by atoms with Crippen LogP contribution >= 0.6 is 0 Å². The third-order valence-electron chi connectivity index (χ3n) is 5.10. The normalized spacial score (nSPS) is 14.7. The van der Waals surface area contributed by atoms with E-state index in [1.165, 1.54) is 5.56 Å². The molecule has 2 heterocycles. The summed E-state index contributed by atoms with van der Waals surface area (Å²) in [5, 5.41) is 13.2. The van der Waals surface area contributed by atoms with Crippen LogP contribution in [0.2, 0.25) is 0 Å². The van der Waals surface area contributed by atoms with Gasteiger partial charge in [-0.15, -0.1) is 0 Å². The van der Waals surface area contributed by atoms with Crippen molar-refractivity contribution in [2.24, 2.45) is 0 Å². The fourth-order valence-electron chi connectivity index (χ4n) is 3.60. The van der Waals surface area contributed by atoms with E-state index in [2.05, 4.69) is 35.5 Å². The van der Waals surface area contributed by atoms with Crippen LogP contribution in [0.4, 0.5) is 0 Å². The van der Waals surface area contributed by atoms with Gasteiger partial charge in [0.25, 0.3) is 5.91 Å². The number of amides is 1. The molecule has 0 N–H and O–H groups in total. The summed E-state index contributed by atoms with van der Waals surface area (Å²) in [6.45, 7) is 1.41. The summed E-state index contributed by atoms with van der Waals surface area (Å²) in [6.07, 6.45) is 1.88. The predicted molar refractivity (Wildman–Crippen MR) is 101 cm³/mol. The first-order valence-electron chi connectivity index (χ1n) is 9.06. The Balaban J connectivity index is 1.46. The minimum Gasteiger partial charge on any atom is -0.355 e. The number of nitriles is 1. The van der Waals surface area contributed by atoms with E-state index in [1.807, 2.05) is 17.0 Å². The fraction of sp³-hybridized carbons (Fsp3) is 0.227. The Labute approximate surface area is 157 Å². The highest BCUT2D eigenvalue weighted by atomic mass is 16.5. The van der Waals surface area contributed by atoms with Gasteiger partial charge in [0.05, 0.1) is 11.6 Å². The van der Waals surface area contributed by atoms with Gasteiger partial charge in [-0.25, -0.2) is 0 Å². The van der Waals surface area contributed by atoms with Crippen molar-refractivity contribution in [1.29, 1.82) is 5.26 Å². The van der Waals surface area contributed by atoms with Gasteiger partial charge in [0.1, 0.15) is 0 Å². The topological polar surface area (TPSA) is 70.1 Å². The standard InChI is InChI=1S/C22H19N3O2/c23-15-18-8-4-5-9-19(18)21-14-20(24-27-21)22(26)25-12-10-17(11-13-25)16-6-2-1-3-7-16/h1-9,14,17H,10-13H2. The summed E-state index contributed by atoms with van der Waals surface area (Å²) in [5.74, 6) is 0.811. The first-order valence-corrected chi connectivity index (χ1v) is 9.06. The van der Waals surface area contributed by atoms with Gasteiger partial charge in [0.2, 0.25) is 0 Å². The minimum absolute atomic E-state index is 0.119. The molecule has 1 aliphatic rings. The molecule has 0 saturated carbocycles. The molecule has 2 aromatic carbocycles. The SMILES string of the molecule is N#Cc1ccccc1-c1cc(C(=O)N2CCC(c3ccccc3)CC2)no1. The Morgan fingerprint density at radius 3 is 2.52 bits per heavy atom. The molecule has 1 amide bonds. The molecule has 5 nitrogen and oxygen atoms in total. The Morgan fingerprint density at radius 2 is 1.78 bits per heavy atom. The summed E-state index contributed by atoms with van der Waals surface area (Å²) in [7, 11) is 0. The summed E-state index contributed by atoms with van der Waals surface area (Å²) in [6, 6.07) is 21.3. The van der Waals surface area contributed by atoms with Crippen LogP contribution in [0.3, 0.4) is 0 Å². The lowest BCUT2D eigenvalue weighted by atomic mass is 9.89. The van der Waals surface area contributed by atoms with Crippen LogP contribution in [-0.4, -0.2) is 29.1 Å². The first kappa shape index (κ1) is 17.0. The molecule has 27 heavy (non-hydrogen) atoms. The molecule has 5 heteroatoms. The van der Waals surface area contributed by atoms with Crippen LogP contribution in [0, 0.1) is 11.3 Å². The maximum atomic E-state index is 12.8. The highest BCUT2D eigenvalue weighted by Crippen LogP contribution is 2.29. The van der Waals surface area contributed by atoms with Crippen molar-refractivity contribution in [1.82, 2.24) is 10.1 Å². The van der Waals surface area contributed by atoms with Crippen LogP contribution < -0.4 is 0 Å². The highest BCUT2D eigenvalue weighted by molar-refractivity contribution is 5.93. The van der Waals surface area contributed by atoms with E-state index in [0.29, 0.717) is 35.9 Å². The average Bonchev–Trinajstić information content (AvgIpc) is 3.24. The van der Waals surface area contributed by atoms with Gasteiger partial charge in [-0.2, -0.15) is 5.26 Å². The molecule has 1 saturated heterocycles. The highest BCUT2D eigenvalue weighted by Gasteiger charge is 2.26. The minimum atomic E-state index is -0.119. The van der Waals surface area contributed by atoms with Crippen LogP contribution in [0.1, 0.15) is 40.4 Å². The molecular weight excluding hydrogens is 338 g/mol. The van der Waals surface area contributed by atoms with Crippen molar-refractivity contribution >= 4 is 5.91 Å². The van der Waals surface area contributed by atoms with E-state index in [9.17, 15) is 10.1 Å². The molecule has 0 spiro atoms. The number of hydrogen-bond donors (Lipinski definition) is 0. The van der Waals surface area contributed by atoms with Crippen molar-refractivity contribution in [3.05, 3.63) is 77.5 Å². The lowest BCUT2D eigenvalue weighted by Gasteiger charge is -2.31. The second-order valence-electron chi connectivity index (χ2n) is 6.71. The van der Waals surface area contributed by atoms with Gasteiger partial charge in [0.15, 0.2) is 11.5 Å². The molecule has 0 radical (unpaired) electrons. The molecule has 1 fully saturated rings. The van der Waals surface area contributed by atoms with Crippen LogP contribution in [0.25, 0.3) is 11.3 Å². The predicted octanol–water partition coefficient (Wildman–Crippen LogP) is 4.23. The maximum absolute atomic E-state index is 12.8. The lowest BCUT2D eigenvalue weighted by molar-refractivity contribution is 0.0702. The fourth-order valence-corrected chi connectivity index (χ4v) is 3.60. The molecule has 0 aliphatic carbocycles. The number of carbonyl (C=O) groups is 1. The quantitative estimate of drug-likeness (QED) is 0.703. The molecule has 1 aliphatic heterocycles. The molecular formula is C22H19N3O2. The van der Waals surface area contributed by atoms with E-state index in [4.69, 9.17) is 4.52 Å². The number of carbonyl (C=O) groups excluding carboxylic acids is 1. The lowest BCUT2D eigenvalue weighted by Crippen LogP contribution is -2.38. The summed E-state index contributed by atoms with van der Waals surface area (Å²) in [4.78, 5) is 14.6. The Bertz CT molecular complexity index is 980. The number of aromatic nitrogens is 1. The number of likely N-dealkylation sites (tertiary alicyclic amines) is 1. The number of hydrogen-bond acceptors (Lipinski definition) is 4. The number of nitrogens with zero attached hydrogens (tertiary/aromatic N) is 3. The second kappa shape index (κ2) is 7.46. The summed E-state index contributed by atoms with van der Waals surface area (Å²) < 4.78 is 5.35. The van der Waals surface area contributed by atoms with E-state index in [1.54, 1.807) is 24.3 Å². The van der Waals surface area contributed by atoms with Gasteiger partial charge in [-0.3, -0.25) is 4.79 Å². The van der Waals surface area contributed by atoms with Gasteiger partial charge in [-0.05, 0) is 36.5 Å². The zero-order chi connectivity index (χ0) is 18.6. The van der Waals surface area contributed by atoms with Crippen LogP contribution in [0.15, 0.2) is 65.2 Å². The number of benzene rings is 2. The zero-order valence-corrected chi connectivity index (χ0v) is 14.8. The van der Waals surface area contributed by atoms with Crippen molar-refractivity contribution in [2.45, 2.75) is 18.8 Å². The third-order valence-corrected chi connectivity index (χ3v) is 5.10. The maximum Gasteiger partial charge on any atom is 0.276 e. The summed E-state index contributed by atoms with van der Waals surface area (Å²) >= 11 is 0. The van der Waals surface area contributed by atoms with Crippen molar-refractivity contribution in [3.63, 3.8) is 0 Å². The van der Waals surface area contributed by atoms with Gasteiger partial charge < -0.3 is 9.42 Å². The van der Waals surface area contributed by atoms with Crippen molar-refractivity contribution in [3.8, 4) is 17.4 Å². The molecule has 3 aromatic rings. The second-order valence-corrected chi connectivity index (χ2v) is 6.71. The van der Waals surface area contributed by atoms with Crippen LogP contribution in [0.5, 0.6) is 0 Å². The molecule has 0 atom stereocenters. The molecule has 0 unspecified atom stereocenters. The molecule has 1 aromatic heterocycles. The Morgan fingerprint density at radius 1 is 1.07 bits per heavy atom. The van der Waals surface area contributed by atoms with E-state index in [0.717, 1.165) is 12.8 Å². The first-order chi connectivity index (χ1) is 13.3. The Kier molecular flexibility index (Phi) is 4.71. The number of rotatable bonds is 3. The molecule has 0 bridgehead atoms. The van der Waals surface area contributed by atoms with Crippen molar-refractivity contribution in [2.75, 3.05) is 13.1 Å². The van der Waals surface area contributed by atoms with E-state index in [-0.39, 0.29) is 11.6 Å². The van der Waals surface area contributed by atoms with E-state index < -0.39 is 0 Å². The van der Waals surface area contributed by atoms with Gasteiger partial charge in [0, 0.05) is 24.7 Å². The van der Waals surface area contributed by atoms with Gasteiger partial charge in [-0.1, -0.05) is 47.6 Å². The monoisotopic (exact) mass is 357 g/mol. The third kappa shape index (κ3) is 3.47. The average molecular weight is 357 g/mol. The smallest absolute Gasteiger partial charge is 0.276 e. The van der Waals surface area contributed by atoms with Crippen molar-refractivity contribution < 1.29 is 9.32 Å². The van der Waals surface area contributed by atoms with Crippen LogP contribution in [-0.2, 0) is 0 Å². The largest absolute Gasteiger partial charge is 0.355 e.